The molecular weight excluding hydrogens is 198 g/mol. The van der Waals surface area contributed by atoms with Crippen LogP contribution in [0.1, 0.15) is 30.7 Å². The van der Waals surface area contributed by atoms with Crippen LogP contribution in [0.2, 0.25) is 0 Å². The molecule has 0 radical (unpaired) electrons. The van der Waals surface area contributed by atoms with Gasteiger partial charge in [-0.25, -0.2) is 0 Å². The summed E-state index contributed by atoms with van der Waals surface area (Å²) in [6, 6.07) is 0. The standard InChI is InChI=1S/C9H15N3OS/c1-6(13-2)5-10-9-12-11-8(14-9)7-3-4-7/h6-7H,3-5H2,1-2H3,(H,10,12). The van der Waals surface area contributed by atoms with Crippen molar-refractivity contribution in [3.63, 3.8) is 0 Å². The molecule has 1 heterocycles. The van der Waals surface area contributed by atoms with Crippen LogP contribution in [0.25, 0.3) is 0 Å². The number of ether oxygens (including phenoxy) is 1. The molecule has 1 aromatic rings. The first-order valence-electron chi connectivity index (χ1n) is 4.89. The van der Waals surface area contributed by atoms with Gasteiger partial charge in [-0.1, -0.05) is 11.3 Å². The molecule has 0 bridgehead atoms. The monoisotopic (exact) mass is 213 g/mol. The zero-order valence-corrected chi connectivity index (χ0v) is 9.30. The van der Waals surface area contributed by atoms with Crippen LogP contribution < -0.4 is 5.32 Å². The highest BCUT2D eigenvalue weighted by molar-refractivity contribution is 7.15. The van der Waals surface area contributed by atoms with Gasteiger partial charge in [-0.15, -0.1) is 10.2 Å². The molecule has 78 valence electrons. The van der Waals surface area contributed by atoms with Gasteiger partial charge in [0, 0.05) is 19.6 Å². The minimum Gasteiger partial charge on any atom is -0.380 e. The zero-order valence-electron chi connectivity index (χ0n) is 8.49. The van der Waals surface area contributed by atoms with Gasteiger partial charge in [-0.2, -0.15) is 0 Å². The average Bonchev–Trinajstić information content (AvgIpc) is 2.95. The zero-order chi connectivity index (χ0) is 9.97. The van der Waals surface area contributed by atoms with Crippen molar-refractivity contribution in [1.82, 2.24) is 10.2 Å². The van der Waals surface area contributed by atoms with Crippen LogP contribution in [-0.4, -0.2) is 30.0 Å². The normalized spacial score (nSPS) is 18.1. The van der Waals surface area contributed by atoms with Crippen molar-refractivity contribution in [3.8, 4) is 0 Å². The molecule has 0 aliphatic heterocycles. The van der Waals surface area contributed by atoms with Crippen LogP contribution in [0.4, 0.5) is 5.13 Å². The van der Waals surface area contributed by atoms with Crippen molar-refractivity contribution in [1.29, 1.82) is 0 Å². The fourth-order valence-electron chi connectivity index (χ4n) is 1.12. The number of rotatable bonds is 5. The summed E-state index contributed by atoms with van der Waals surface area (Å²) >= 11 is 1.67. The van der Waals surface area contributed by atoms with E-state index in [1.165, 1.54) is 17.8 Å². The SMILES string of the molecule is COC(C)CNc1nnc(C2CC2)s1. The van der Waals surface area contributed by atoms with Gasteiger partial charge in [0.1, 0.15) is 5.01 Å². The summed E-state index contributed by atoms with van der Waals surface area (Å²) in [7, 11) is 1.71. The Labute approximate surface area is 87.7 Å². The van der Waals surface area contributed by atoms with Crippen molar-refractivity contribution in [3.05, 3.63) is 5.01 Å². The molecule has 0 aromatic carbocycles. The lowest BCUT2D eigenvalue weighted by Gasteiger charge is -2.08. The third kappa shape index (κ3) is 2.42. The highest BCUT2D eigenvalue weighted by Crippen LogP contribution is 2.41. The lowest BCUT2D eigenvalue weighted by atomic mass is 10.4. The number of methoxy groups -OCH3 is 1. The van der Waals surface area contributed by atoms with E-state index in [9.17, 15) is 0 Å². The lowest BCUT2D eigenvalue weighted by molar-refractivity contribution is 0.129. The average molecular weight is 213 g/mol. The Hall–Kier alpha value is -0.680. The molecule has 4 nitrogen and oxygen atoms in total. The number of hydrogen-bond acceptors (Lipinski definition) is 5. The molecule has 1 aliphatic carbocycles. The Morgan fingerprint density at radius 2 is 2.36 bits per heavy atom. The van der Waals surface area contributed by atoms with E-state index < -0.39 is 0 Å². The van der Waals surface area contributed by atoms with Gasteiger partial charge < -0.3 is 10.1 Å². The summed E-state index contributed by atoms with van der Waals surface area (Å²) in [6.45, 7) is 2.81. The Balaban J connectivity index is 1.83. The summed E-state index contributed by atoms with van der Waals surface area (Å²) in [5.74, 6) is 0.697. The molecule has 0 amide bonds. The molecule has 5 heteroatoms. The summed E-state index contributed by atoms with van der Waals surface area (Å²) in [4.78, 5) is 0. The quantitative estimate of drug-likeness (QED) is 0.811. The molecule has 14 heavy (non-hydrogen) atoms. The van der Waals surface area contributed by atoms with E-state index in [1.807, 2.05) is 6.92 Å². The largest absolute Gasteiger partial charge is 0.380 e. The third-order valence-corrected chi connectivity index (χ3v) is 3.35. The van der Waals surface area contributed by atoms with Crippen LogP contribution in [-0.2, 0) is 4.74 Å². The maximum Gasteiger partial charge on any atom is 0.205 e. The highest BCUT2D eigenvalue weighted by atomic mass is 32.1. The second-order valence-corrected chi connectivity index (χ2v) is 4.66. The van der Waals surface area contributed by atoms with Crippen molar-refractivity contribution in [2.75, 3.05) is 19.0 Å². The van der Waals surface area contributed by atoms with Crippen LogP contribution in [0.5, 0.6) is 0 Å². The van der Waals surface area contributed by atoms with Gasteiger partial charge in [-0.3, -0.25) is 0 Å². The highest BCUT2D eigenvalue weighted by Gasteiger charge is 2.27. The van der Waals surface area contributed by atoms with E-state index in [-0.39, 0.29) is 6.10 Å². The van der Waals surface area contributed by atoms with Crippen molar-refractivity contribution in [2.45, 2.75) is 31.8 Å². The van der Waals surface area contributed by atoms with E-state index in [2.05, 4.69) is 15.5 Å². The van der Waals surface area contributed by atoms with Crippen LogP contribution in [0.15, 0.2) is 0 Å². The van der Waals surface area contributed by atoms with Gasteiger partial charge >= 0.3 is 0 Å². The third-order valence-electron chi connectivity index (χ3n) is 2.31. The molecule has 1 saturated carbocycles. The minimum atomic E-state index is 0.211. The van der Waals surface area contributed by atoms with Crippen molar-refractivity contribution >= 4 is 16.5 Å². The number of anilines is 1. The minimum absolute atomic E-state index is 0.211. The second kappa shape index (κ2) is 4.23. The summed E-state index contributed by atoms with van der Waals surface area (Å²) in [5.41, 5.74) is 0. The van der Waals surface area contributed by atoms with Crippen molar-refractivity contribution in [2.24, 2.45) is 0 Å². The van der Waals surface area contributed by atoms with E-state index in [0.717, 1.165) is 11.7 Å². The fraction of sp³-hybridized carbons (Fsp3) is 0.778. The van der Waals surface area contributed by atoms with Gasteiger partial charge in [0.2, 0.25) is 5.13 Å². The number of nitrogens with one attached hydrogen (secondary N) is 1. The Morgan fingerprint density at radius 1 is 1.57 bits per heavy atom. The molecule has 1 fully saturated rings. The van der Waals surface area contributed by atoms with Crippen LogP contribution in [0.3, 0.4) is 0 Å². The first kappa shape index (κ1) is 9.86. The molecule has 1 aliphatic rings. The molecule has 1 aromatic heterocycles. The summed E-state index contributed by atoms with van der Waals surface area (Å²) in [6.07, 6.45) is 2.77. The van der Waals surface area contributed by atoms with E-state index in [4.69, 9.17) is 4.74 Å². The second-order valence-electron chi connectivity index (χ2n) is 3.65. The number of aromatic nitrogens is 2. The Morgan fingerprint density at radius 3 is 3.00 bits per heavy atom. The molecule has 1 atom stereocenters. The van der Waals surface area contributed by atoms with Gasteiger partial charge in [0.15, 0.2) is 0 Å². The first-order chi connectivity index (χ1) is 6.79. The van der Waals surface area contributed by atoms with Gasteiger partial charge in [-0.05, 0) is 19.8 Å². The van der Waals surface area contributed by atoms with Gasteiger partial charge in [0.25, 0.3) is 0 Å². The van der Waals surface area contributed by atoms with Crippen molar-refractivity contribution < 1.29 is 4.74 Å². The van der Waals surface area contributed by atoms with E-state index >= 15 is 0 Å². The predicted octanol–water partition coefficient (Wildman–Crippen LogP) is 1.86. The molecule has 0 saturated heterocycles. The molecule has 2 rings (SSSR count). The smallest absolute Gasteiger partial charge is 0.205 e. The van der Waals surface area contributed by atoms with Gasteiger partial charge in [0.05, 0.1) is 6.10 Å². The number of nitrogens with zero attached hydrogens (tertiary/aromatic N) is 2. The first-order valence-corrected chi connectivity index (χ1v) is 5.71. The van der Waals surface area contributed by atoms with E-state index in [0.29, 0.717) is 5.92 Å². The number of hydrogen-bond donors (Lipinski definition) is 1. The lowest BCUT2D eigenvalue weighted by Crippen LogP contribution is -2.17. The van der Waals surface area contributed by atoms with Crippen LogP contribution in [0, 0.1) is 0 Å². The predicted molar refractivity (Wildman–Crippen MR) is 56.8 cm³/mol. The Bertz CT molecular complexity index is 298. The maximum atomic E-state index is 5.13. The molecular formula is C9H15N3OS. The van der Waals surface area contributed by atoms with E-state index in [1.54, 1.807) is 18.4 Å². The summed E-state index contributed by atoms with van der Waals surface area (Å²) in [5, 5.41) is 13.5. The fourth-order valence-corrected chi connectivity index (χ4v) is 2.03. The Kier molecular flexibility index (Phi) is 2.98. The molecule has 0 spiro atoms. The summed E-state index contributed by atoms with van der Waals surface area (Å²) < 4.78 is 5.13. The topological polar surface area (TPSA) is 47.0 Å². The maximum absolute atomic E-state index is 5.13. The molecule has 1 N–H and O–H groups in total. The molecule has 1 unspecified atom stereocenters. The van der Waals surface area contributed by atoms with Crippen LogP contribution >= 0.6 is 11.3 Å².